The monoisotopic (exact) mass is 409 g/mol. The number of alkyl halides is 3. The molecule has 0 bridgehead atoms. The summed E-state index contributed by atoms with van der Waals surface area (Å²) < 4.78 is 39.5. The van der Waals surface area contributed by atoms with Crippen LogP contribution in [0, 0.1) is 0 Å². The van der Waals surface area contributed by atoms with Gasteiger partial charge in [0.2, 0.25) is 0 Å². The molecule has 0 aliphatic rings. The number of halogens is 3. The van der Waals surface area contributed by atoms with Gasteiger partial charge in [0.1, 0.15) is 5.82 Å². The summed E-state index contributed by atoms with van der Waals surface area (Å²) in [4.78, 5) is 21.8. The van der Waals surface area contributed by atoms with Gasteiger partial charge in [-0.1, -0.05) is 18.2 Å². The number of pyridine rings is 1. The van der Waals surface area contributed by atoms with E-state index >= 15 is 0 Å². The molecule has 0 aliphatic carbocycles. The standard InChI is InChI=1S/C20H26F3N5O/c1-26(2)11-12-28(19(29)27(3)4)18-13-16(9-10-24-18)25-14-15-7-5-6-8-17(15)20(21,22)23/h5-10,13H,11-12,14H2,1-4H3,(H,24,25). The fourth-order valence-electron chi connectivity index (χ4n) is 2.67. The average Bonchev–Trinajstić information content (AvgIpc) is 2.66. The second-order valence-corrected chi connectivity index (χ2v) is 7.04. The van der Waals surface area contributed by atoms with E-state index in [2.05, 4.69) is 10.3 Å². The number of hydrogen-bond donors (Lipinski definition) is 1. The maximum absolute atomic E-state index is 13.2. The molecule has 1 N–H and O–H groups in total. The van der Waals surface area contributed by atoms with E-state index in [1.165, 1.54) is 28.1 Å². The van der Waals surface area contributed by atoms with Crippen LogP contribution in [0.15, 0.2) is 42.6 Å². The van der Waals surface area contributed by atoms with Crippen molar-refractivity contribution in [3.8, 4) is 0 Å². The number of hydrogen-bond acceptors (Lipinski definition) is 4. The molecule has 6 nitrogen and oxygen atoms in total. The predicted molar refractivity (Wildman–Crippen MR) is 108 cm³/mol. The predicted octanol–water partition coefficient (Wildman–Crippen LogP) is 3.76. The molecular formula is C20H26F3N5O. The Balaban J connectivity index is 2.21. The smallest absolute Gasteiger partial charge is 0.381 e. The molecule has 0 atom stereocenters. The summed E-state index contributed by atoms with van der Waals surface area (Å²) in [5.74, 6) is 0.430. The topological polar surface area (TPSA) is 51.7 Å². The van der Waals surface area contributed by atoms with Crippen LogP contribution in [-0.4, -0.2) is 62.1 Å². The van der Waals surface area contributed by atoms with Gasteiger partial charge < -0.3 is 15.1 Å². The Hall–Kier alpha value is -2.81. The summed E-state index contributed by atoms with van der Waals surface area (Å²) in [7, 11) is 7.12. The van der Waals surface area contributed by atoms with E-state index in [1.807, 2.05) is 19.0 Å². The van der Waals surface area contributed by atoms with Crippen LogP contribution in [0.25, 0.3) is 0 Å². The van der Waals surface area contributed by atoms with Crippen LogP contribution >= 0.6 is 0 Å². The third kappa shape index (κ3) is 6.35. The SMILES string of the molecule is CN(C)CCN(C(=O)N(C)C)c1cc(NCc2ccccc2C(F)(F)F)ccn1. The van der Waals surface area contributed by atoms with Gasteiger partial charge in [-0.3, -0.25) is 4.90 Å². The van der Waals surface area contributed by atoms with Crippen molar-refractivity contribution >= 4 is 17.5 Å². The van der Waals surface area contributed by atoms with Crippen molar-refractivity contribution in [3.05, 3.63) is 53.7 Å². The highest BCUT2D eigenvalue weighted by atomic mass is 19.4. The number of carbonyl (C=O) groups excluding carboxylic acids is 1. The Morgan fingerprint density at radius 3 is 2.38 bits per heavy atom. The van der Waals surface area contributed by atoms with Crippen LogP contribution in [0.3, 0.4) is 0 Å². The molecular weight excluding hydrogens is 383 g/mol. The van der Waals surface area contributed by atoms with Crippen molar-refractivity contribution in [2.45, 2.75) is 12.7 Å². The fraction of sp³-hybridized carbons (Fsp3) is 0.400. The van der Waals surface area contributed by atoms with E-state index in [1.54, 1.807) is 32.3 Å². The number of benzene rings is 1. The third-order valence-electron chi connectivity index (χ3n) is 4.21. The van der Waals surface area contributed by atoms with Gasteiger partial charge in [-0.15, -0.1) is 0 Å². The number of urea groups is 1. The van der Waals surface area contributed by atoms with Gasteiger partial charge >= 0.3 is 12.2 Å². The molecule has 0 radical (unpaired) electrons. The normalized spacial score (nSPS) is 11.4. The number of rotatable bonds is 7. The van der Waals surface area contributed by atoms with Crippen LogP contribution in [0.5, 0.6) is 0 Å². The minimum Gasteiger partial charge on any atom is -0.381 e. The summed E-state index contributed by atoms with van der Waals surface area (Å²) >= 11 is 0. The highest BCUT2D eigenvalue weighted by Gasteiger charge is 2.32. The zero-order chi connectivity index (χ0) is 21.6. The van der Waals surface area contributed by atoms with Crippen molar-refractivity contribution in [2.75, 3.05) is 51.5 Å². The lowest BCUT2D eigenvalue weighted by Gasteiger charge is -2.27. The lowest BCUT2D eigenvalue weighted by atomic mass is 10.1. The molecule has 29 heavy (non-hydrogen) atoms. The second kappa shape index (κ2) is 9.60. The molecule has 1 aromatic carbocycles. The lowest BCUT2D eigenvalue weighted by molar-refractivity contribution is -0.138. The molecule has 2 amide bonds. The molecule has 2 rings (SSSR count). The largest absolute Gasteiger partial charge is 0.416 e. The minimum atomic E-state index is -4.41. The van der Waals surface area contributed by atoms with Gasteiger partial charge in [-0.2, -0.15) is 13.2 Å². The molecule has 0 saturated heterocycles. The first-order valence-corrected chi connectivity index (χ1v) is 9.08. The Morgan fingerprint density at radius 1 is 1.07 bits per heavy atom. The van der Waals surface area contributed by atoms with Crippen molar-refractivity contribution in [3.63, 3.8) is 0 Å². The van der Waals surface area contributed by atoms with Crippen LogP contribution < -0.4 is 10.2 Å². The zero-order valence-electron chi connectivity index (χ0n) is 17.0. The van der Waals surface area contributed by atoms with Crippen LogP contribution in [-0.2, 0) is 12.7 Å². The number of nitrogens with zero attached hydrogens (tertiary/aromatic N) is 4. The molecule has 0 aliphatic heterocycles. The Labute approximate surface area is 168 Å². The summed E-state index contributed by atoms with van der Waals surface area (Å²) in [6.45, 7) is 1.06. The third-order valence-corrected chi connectivity index (χ3v) is 4.21. The zero-order valence-corrected chi connectivity index (χ0v) is 17.0. The summed E-state index contributed by atoms with van der Waals surface area (Å²) in [5.41, 5.74) is 0.0535. The average molecular weight is 409 g/mol. The number of carbonyl (C=O) groups is 1. The second-order valence-electron chi connectivity index (χ2n) is 7.04. The van der Waals surface area contributed by atoms with Crippen LogP contribution in [0.2, 0.25) is 0 Å². The van der Waals surface area contributed by atoms with Crippen molar-refractivity contribution < 1.29 is 18.0 Å². The van der Waals surface area contributed by atoms with E-state index in [4.69, 9.17) is 0 Å². The maximum atomic E-state index is 13.2. The van der Waals surface area contributed by atoms with Gasteiger partial charge in [-0.05, 0) is 31.8 Å². The van der Waals surface area contributed by atoms with E-state index in [0.29, 0.717) is 24.6 Å². The van der Waals surface area contributed by atoms with Crippen molar-refractivity contribution in [1.82, 2.24) is 14.8 Å². The highest BCUT2D eigenvalue weighted by Crippen LogP contribution is 2.32. The number of amides is 2. The Kier molecular flexibility index (Phi) is 7.44. The highest BCUT2D eigenvalue weighted by molar-refractivity contribution is 5.91. The molecule has 9 heteroatoms. The molecule has 2 aromatic rings. The first kappa shape index (κ1) is 22.5. The van der Waals surface area contributed by atoms with E-state index < -0.39 is 11.7 Å². The number of nitrogens with one attached hydrogen (secondary N) is 1. The molecule has 1 heterocycles. The van der Waals surface area contributed by atoms with Gasteiger partial charge in [0.25, 0.3) is 0 Å². The number of anilines is 2. The van der Waals surface area contributed by atoms with E-state index in [-0.39, 0.29) is 18.1 Å². The first-order valence-electron chi connectivity index (χ1n) is 9.08. The maximum Gasteiger partial charge on any atom is 0.416 e. The van der Waals surface area contributed by atoms with Crippen molar-refractivity contribution in [1.29, 1.82) is 0 Å². The number of likely N-dealkylation sites (N-methyl/N-ethyl adjacent to an activating group) is 1. The summed E-state index contributed by atoms with van der Waals surface area (Å²) in [6.07, 6.45) is -2.89. The molecule has 0 saturated carbocycles. The molecule has 0 spiro atoms. The number of aromatic nitrogens is 1. The van der Waals surface area contributed by atoms with E-state index in [9.17, 15) is 18.0 Å². The fourth-order valence-corrected chi connectivity index (χ4v) is 2.67. The first-order chi connectivity index (χ1) is 13.6. The molecule has 0 unspecified atom stereocenters. The van der Waals surface area contributed by atoms with Gasteiger partial charge in [-0.25, -0.2) is 9.78 Å². The molecule has 0 fully saturated rings. The lowest BCUT2D eigenvalue weighted by Crippen LogP contribution is -2.43. The summed E-state index contributed by atoms with van der Waals surface area (Å²) in [6, 6.07) is 8.54. The minimum absolute atomic E-state index is 0.00153. The Morgan fingerprint density at radius 2 is 1.76 bits per heavy atom. The van der Waals surface area contributed by atoms with Gasteiger partial charge in [0, 0.05) is 51.7 Å². The quantitative estimate of drug-likeness (QED) is 0.757. The Bertz CT molecular complexity index is 824. The van der Waals surface area contributed by atoms with Crippen molar-refractivity contribution in [2.24, 2.45) is 0 Å². The molecule has 158 valence electrons. The van der Waals surface area contributed by atoms with Crippen LogP contribution in [0.4, 0.5) is 29.5 Å². The van der Waals surface area contributed by atoms with E-state index in [0.717, 1.165) is 6.07 Å². The molecule has 1 aromatic heterocycles. The van der Waals surface area contributed by atoms with Gasteiger partial charge in [0.15, 0.2) is 0 Å². The van der Waals surface area contributed by atoms with Crippen LogP contribution in [0.1, 0.15) is 11.1 Å². The van der Waals surface area contributed by atoms with Gasteiger partial charge in [0.05, 0.1) is 5.56 Å². The summed E-state index contributed by atoms with van der Waals surface area (Å²) in [5, 5.41) is 3.00.